The van der Waals surface area contributed by atoms with Crippen molar-refractivity contribution < 1.29 is 14.6 Å². The molecule has 0 fully saturated rings. The van der Waals surface area contributed by atoms with Crippen molar-refractivity contribution >= 4 is 23.3 Å². The molecule has 1 aromatic rings. The van der Waals surface area contributed by atoms with Gasteiger partial charge < -0.3 is 15.2 Å². The van der Waals surface area contributed by atoms with E-state index in [0.29, 0.717) is 17.3 Å². The Morgan fingerprint density at radius 2 is 2.16 bits per heavy atom. The average Bonchev–Trinajstić information content (AvgIpc) is 2.34. The van der Waals surface area contributed by atoms with Crippen molar-refractivity contribution in [2.75, 3.05) is 18.5 Å². The topological polar surface area (TPSA) is 58.6 Å². The largest absolute Gasteiger partial charge is 0.478 e. The van der Waals surface area contributed by atoms with Gasteiger partial charge in [-0.3, -0.25) is 0 Å². The summed E-state index contributed by atoms with van der Waals surface area (Å²) in [7, 11) is 0. The van der Waals surface area contributed by atoms with E-state index in [1.165, 1.54) is 6.07 Å². The summed E-state index contributed by atoms with van der Waals surface area (Å²) < 4.78 is 5.43. The summed E-state index contributed by atoms with van der Waals surface area (Å²) in [6, 6.07) is 4.82. The minimum Gasteiger partial charge on any atom is -0.478 e. The molecular weight excluding hydrogens is 266 g/mol. The maximum absolute atomic E-state index is 11.1. The van der Waals surface area contributed by atoms with Gasteiger partial charge in [-0.1, -0.05) is 11.6 Å². The quantitative estimate of drug-likeness (QED) is 0.716. The van der Waals surface area contributed by atoms with Gasteiger partial charge in [0.25, 0.3) is 0 Å². The zero-order valence-corrected chi connectivity index (χ0v) is 12.0. The number of nitrogens with one attached hydrogen (secondary N) is 1. The number of hydrogen-bond donors (Lipinski definition) is 2. The maximum Gasteiger partial charge on any atom is 0.337 e. The third-order valence-electron chi connectivity index (χ3n) is 2.55. The first-order chi connectivity index (χ1) is 9.00. The molecule has 106 valence electrons. The Hall–Kier alpha value is -1.26. The van der Waals surface area contributed by atoms with Gasteiger partial charge >= 0.3 is 5.97 Å². The molecule has 0 amide bonds. The molecule has 0 aliphatic carbocycles. The molecule has 0 atom stereocenters. The molecule has 1 rings (SSSR count). The van der Waals surface area contributed by atoms with Crippen molar-refractivity contribution in [2.45, 2.75) is 32.8 Å². The predicted octanol–water partition coefficient (Wildman–Crippen LogP) is 3.66. The molecule has 0 aliphatic rings. The molecule has 0 heterocycles. The van der Waals surface area contributed by atoms with Crippen LogP contribution in [0.4, 0.5) is 5.69 Å². The van der Waals surface area contributed by atoms with E-state index in [0.717, 1.165) is 19.4 Å². The molecule has 0 aliphatic heterocycles. The molecule has 0 spiro atoms. The van der Waals surface area contributed by atoms with Crippen molar-refractivity contribution in [3.8, 4) is 0 Å². The number of ether oxygens (including phenoxy) is 1. The highest BCUT2D eigenvalue weighted by Gasteiger charge is 2.09. The van der Waals surface area contributed by atoms with Crippen molar-refractivity contribution in [1.29, 1.82) is 0 Å². The number of carboxylic acids is 1. The summed E-state index contributed by atoms with van der Waals surface area (Å²) in [6.07, 6.45) is 2.12. The summed E-state index contributed by atoms with van der Waals surface area (Å²) in [5, 5.41) is 12.6. The van der Waals surface area contributed by atoms with Crippen molar-refractivity contribution in [3.63, 3.8) is 0 Å². The average molecular weight is 286 g/mol. The van der Waals surface area contributed by atoms with Crippen LogP contribution in [0, 0.1) is 0 Å². The minimum absolute atomic E-state index is 0.200. The monoisotopic (exact) mass is 285 g/mol. The predicted molar refractivity (Wildman–Crippen MR) is 77.2 cm³/mol. The molecule has 5 heteroatoms. The fourth-order valence-electron chi connectivity index (χ4n) is 1.62. The highest BCUT2D eigenvalue weighted by Crippen LogP contribution is 2.20. The number of aromatic carboxylic acids is 1. The van der Waals surface area contributed by atoms with Crippen LogP contribution in [-0.4, -0.2) is 30.3 Å². The van der Waals surface area contributed by atoms with Gasteiger partial charge in [-0.2, -0.15) is 0 Å². The lowest BCUT2D eigenvalue weighted by atomic mass is 10.1. The highest BCUT2D eigenvalue weighted by atomic mass is 35.5. The van der Waals surface area contributed by atoms with E-state index in [1.807, 2.05) is 13.8 Å². The number of halogens is 1. The second kappa shape index (κ2) is 8.02. The molecule has 0 bridgehead atoms. The molecule has 1 aromatic carbocycles. The standard InChI is InChI=1S/C14H20ClNO3/c1-10(2)19-8-4-3-7-16-13-6-5-11(15)9-12(13)14(17)18/h5-6,9-10,16H,3-4,7-8H2,1-2H3,(H,17,18). The van der Waals surface area contributed by atoms with E-state index in [4.69, 9.17) is 21.4 Å². The molecule has 2 N–H and O–H groups in total. The summed E-state index contributed by atoms with van der Waals surface area (Å²) in [4.78, 5) is 11.1. The zero-order valence-electron chi connectivity index (χ0n) is 11.3. The van der Waals surface area contributed by atoms with Gasteiger partial charge in [0.05, 0.1) is 11.7 Å². The zero-order chi connectivity index (χ0) is 14.3. The highest BCUT2D eigenvalue weighted by molar-refractivity contribution is 6.31. The smallest absolute Gasteiger partial charge is 0.337 e. The Morgan fingerprint density at radius 3 is 2.79 bits per heavy atom. The number of unbranched alkanes of at least 4 members (excludes halogenated alkanes) is 1. The third-order valence-corrected chi connectivity index (χ3v) is 2.78. The van der Waals surface area contributed by atoms with E-state index in [2.05, 4.69) is 5.32 Å². The lowest BCUT2D eigenvalue weighted by Gasteiger charge is -2.10. The lowest BCUT2D eigenvalue weighted by molar-refractivity contribution is 0.0697. The van der Waals surface area contributed by atoms with E-state index >= 15 is 0 Å². The Bertz CT molecular complexity index is 421. The fourth-order valence-corrected chi connectivity index (χ4v) is 1.79. The van der Waals surface area contributed by atoms with Crippen molar-refractivity contribution in [1.82, 2.24) is 0 Å². The number of benzene rings is 1. The van der Waals surface area contributed by atoms with Crippen LogP contribution in [0.1, 0.15) is 37.0 Å². The SMILES string of the molecule is CC(C)OCCCCNc1ccc(Cl)cc1C(=O)O. The Labute approximate surface area is 118 Å². The Kier molecular flexibility index (Phi) is 6.67. The first-order valence-corrected chi connectivity index (χ1v) is 6.77. The van der Waals surface area contributed by atoms with Gasteiger partial charge in [0.2, 0.25) is 0 Å². The molecule has 19 heavy (non-hydrogen) atoms. The number of hydrogen-bond acceptors (Lipinski definition) is 3. The van der Waals surface area contributed by atoms with Crippen LogP contribution in [0.25, 0.3) is 0 Å². The van der Waals surface area contributed by atoms with Gasteiger partial charge in [0.1, 0.15) is 0 Å². The van der Waals surface area contributed by atoms with Crippen LogP contribution in [0.5, 0.6) is 0 Å². The van der Waals surface area contributed by atoms with Gasteiger partial charge in [0, 0.05) is 23.9 Å². The van der Waals surface area contributed by atoms with Crippen molar-refractivity contribution in [2.24, 2.45) is 0 Å². The van der Waals surface area contributed by atoms with E-state index in [-0.39, 0.29) is 11.7 Å². The van der Waals surface area contributed by atoms with E-state index in [9.17, 15) is 4.79 Å². The molecule has 4 nitrogen and oxygen atoms in total. The summed E-state index contributed by atoms with van der Waals surface area (Å²) in [5.74, 6) is -0.979. The van der Waals surface area contributed by atoms with E-state index < -0.39 is 5.97 Å². The van der Waals surface area contributed by atoms with Crippen LogP contribution in [-0.2, 0) is 4.74 Å². The Balaban J connectivity index is 2.39. The first kappa shape index (κ1) is 15.8. The number of rotatable bonds is 8. The van der Waals surface area contributed by atoms with Gasteiger partial charge in [-0.25, -0.2) is 4.79 Å². The summed E-state index contributed by atoms with van der Waals surface area (Å²) in [5.41, 5.74) is 0.799. The molecule has 0 aromatic heterocycles. The van der Waals surface area contributed by atoms with Gasteiger partial charge in [-0.05, 0) is 44.9 Å². The van der Waals surface area contributed by atoms with Crippen LogP contribution in [0.2, 0.25) is 5.02 Å². The lowest BCUT2D eigenvalue weighted by Crippen LogP contribution is -2.09. The normalized spacial score (nSPS) is 10.7. The third kappa shape index (κ3) is 5.94. The summed E-state index contributed by atoms with van der Waals surface area (Å²) in [6.45, 7) is 5.45. The van der Waals surface area contributed by atoms with Crippen LogP contribution in [0.3, 0.4) is 0 Å². The molecular formula is C14H20ClNO3. The molecule has 0 unspecified atom stereocenters. The minimum atomic E-state index is -0.979. The molecule has 0 radical (unpaired) electrons. The van der Waals surface area contributed by atoms with Crippen molar-refractivity contribution in [3.05, 3.63) is 28.8 Å². The van der Waals surface area contributed by atoms with E-state index in [1.54, 1.807) is 12.1 Å². The maximum atomic E-state index is 11.1. The first-order valence-electron chi connectivity index (χ1n) is 6.39. The van der Waals surface area contributed by atoms with Crippen LogP contribution >= 0.6 is 11.6 Å². The number of carbonyl (C=O) groups is 1. The second-order valence-electron chi connectivity index (χ2n) is 4.55. The van der Waals surface area contributed by atoms with Gasteiger partial charge in [-0.15, -0.1) is 0 Å². The number of carboxylic acid groups (broad SMARTS) is 1. The number of anilines is 1. The Morgan fingerprint density at radius 1 is 1.42 bits per heavy atom. The molecule has 0 saturated carbocycles. The molecule has 0 saturated heterocycles. The second-order valence-corrected chi connectivity index (χ2v) is 4.98. The summed E-state index contributed by atoms with van der Waals surface area (Å²) >= 11 is 5.79. The van der Waals surface area contributed by atoms with Crippen LogP contribution in [0.15, 0.2) is 18.2 Å². The van der Waals surface area contributed by atoms with Crippen LogP contribution < -0.4 is 5.32 Å². The fraction of sp³-hybridized carbons (Fsp3) is 0.500. The van der Waals surface area contributed by atoms with Gasteiger partial charge in [0.15, 0.2) is 0 Å².